The third-order valence-corrected chi connectivity index (χ3v) is 10.8. The summed E-state index contributed by atoms with van der Waals surface area (Å²) in [4.78, 5) is 23.5. The van der Waals surface area contributed by atoms with Gasteiger partial charge in [0.25, 0.3) is 12.3 Å². The number of benzene rings is 2. The van der Waals surface area contributed by atoms with Gasteiger partial charge >= 0.3 is 0 Å². The molecule has 0 fully saturated rings. The van der Waals surface area contributed by atoms with Gasteiger partial charge in [-0.05, 0) is 56.5 Å². The number of hydrogen-bond acceptors (Lipinski definition) is 10. The summed E-state index contributed by atoms with van der Waals surface area (Å²) in [5.74, 6) is -4.73. The van der Waals surface area contributed by atoms with Gasteiger partial charge in [-0.2, -0.15) is 19.0 Å². The number of amides is 1. The van der Waals surface area contributed by atoms with Crippen LogP contribution in [0.25, 0.3) is 32.4 Å². The highest BCUT2D eigenvalue weighted by molar-refractivity contribution is 8.00. The Morgan fingerprint density at radius 3 is 2.52 bits per heavy atom. The largest absolute Gasteiger partial charge is 0.389 e. The second-order valence-electron chi connectivity index (χ2n) is 14.1. The second kappa shape index (κ2) is 15.2. The Morgan fingerprint density at radius 1 is 1.07 bits per heavy atom. The summed E-state index contributed by atoms with van der Waals surface area (Å²) in [5, 5.41) is 25.9. The van der Waals surface area contributed by atoms with Crippen LogP contribution in [0, 0.1) is 11.6 Å². The Balaban J connectivity index is 1.38. The predicted molar refractivity (Wildman–Crippen MR) is 204 cm³/mol. The van der Waals surface area contributed by atoms with E-state index in [2.05, 4.69) is 30.5 Å². The Hall–Kier alpha value is -4.88. The van der Waals surface area contributed by atoms with Crippen molar-refractivity contribution in [2.75, 3.05) is 22.3 Å². The number of alkyl halides is 4. The van der Waals surface area contributed by atoms with Crippen LogP contribution in [0.3, 0.4) is 0 Å². The van der Waals surface area contributed by atoms with Crippen LogP contribution in [-0.4, -0.2) is 58.4 Å². The quantitative estimate of drug-likeness (QED) is 0.0637. The van der Waals surface area contributed by atoms with E-state index < -0.39 is 65.9 Å². The number of carbonyl (C=O) groups excluding carboxylic acids is 1. The first-order valence-corrected chi connectivity index (χ1v) is 19.4. The normalized spacial score (nSPS) is 14.5. The van der Waals surface area contributed by atoms with Crippen LogP contribution in [0.2, 0.25) is 0 Å². The Bertz CT molecular complexity index is 2420. The van der Waals surface area contributed by atoms with Crippen LogP contribution < -0.4 is 15.4 Å². The second-order valence-corrected chi connectivity index (χ2v) is 16.2. The SMILES string of the molecule is CCSNc1nn(C)c2c(-c3cc4sc(NCC(C)(C)O)nc4nc3C(Cc3cc(F)cc(F)c3)NC(=O)Cn3nc(C(F)F)c4c3C(F)(F)CC4)cccc12. The van der Waals surface area contributed by atoms with Gasteiger partial charge in [-0.1, -0.05) is 42.3 Å². The maximum atomic E-state index is 15.0. The molecule has 0 bridgehead atoms. The minimum absolute atomic E-state index is 0.139. The maximum absolute atomic E-state index is 15.0. The lowest BCUT2D eigenvalue weighted by Crippen LogP contribution is -2.35. The average molecular weight is 818 g/mol. The Kier molecular flexibility index (Phi) is 10.7. The van der Waals surface area contributed by atoms with Crippen LogP contribution in [0.4, 0.5) is 37.3 Å². The van der Waals surface area contributed by atoms with Gasteiger partial charge in [0.1, 0.15) is 29.6 Å². The van der Waals surface area contributed by atoms with Gasteiger partial charge in [0.2, 0.25) is 5.91 Å². The molecule has 0 spiro atoms. The molecule has 1 unspecified atom stereocenters. The van der Waals surface area contributed by atoms with E-state index in [1.807, 2.05) is 31.2 Å². The zero-order valence-electron chi connectivity index (χ0n) is 30.6. The molecule has 1 atom stereocenters. The van der Waals surface area contributed by atoms with Crippen LogP contribution in [-0.2, 0) is 37.2 Å². The fourth-order valence-corrected chi connectivity index (χ4v) is 8.19. The molecule has 4 aromatic heterocycles. The van der Waals surface area contributed by atoms with Crippen molar-refractivity contribution in [3.8, 4) is 11.1 Å². The molecule has 4 heterocycles. The number of nitrogens with one attached hydrogen (secondary N) is 3. The lowest BCUT2D eigenvalue weighted by Gasteiger charge is -2.23. The summed E-state index contributed by atoms with van der Waals surface area (Å²) in [5.41, 5.74) is -0.483. The van der Waals surface area contributed by atoms with E-state index in [9.17, 15) is 27.5 Å². The van der Waals surface area contributed by atoms with Crippen LogP contribution >= 0.6 is 23.3 Å². The summed E-state index contributed by atoms with van der Waals surface area (Å²) in [6.45, 7) is 4.57. The highest BCUT2D eigenvalue weighted by Gasteiger charge is 2.46. The van der Waals surface area contributed by atoms with E-state index in [0.717, 1.165) is 23.3 Å². The number of fused-ring (bicyclic) bond motifs is 3. The fraction of sp³-hybridized carbons (Fsp3) is 0.378. The van der Waals surface area contributed by atoms with E-state index in [1.54, 1.807) is 25.6 Å². The van der Waals surface area contributed by atoms with Crippen molar-refractivity contribution < 1.29 is 36.2 Å². The summed E-state index contributed by atoms with van der Waals surface area (Å²) in [6, 6.07) is 9.11. The Labute approximate surface area is 325 Å². The number of halogens is 6. The molecular formula is C37H37F6N9O2S2. The zero-order valence-corrected chi connectivity index (χ0v) is 32.2. The molecule has 11 nitrogen and oxygen atoms in total. The number of pyridine rings is 1. The van der Waals surface area contributed by atoms with Gasteiger partial charge in [-0.15, -0.1) is 0 Å². The molecule has 6 aromatic rings. The van der Waals surface area contributed by atoms with Crippen LogP contribution in [0.5, 0.6) is 0 Å². The molecule has 19 heteroatoms. The summed E-state index contributed by atoms with van der Waals surface area (Å²) < 4.78 is 93.1. The lowest BCUT2D eigenvalue weighted by atomic mass is 9.94. The van der Waals surface area contributed by atoms with Crippen molar-refractivity contribution >= 4 is 61.4 Å². The first-order valence-electron chi connectivity index (χ1n) is 17.6. The first-order chi connectivity index (χ1) is 26.5. The molecule has 1 aliphatic carbocycles. The number of aromatic nitrogens is 6. The van der Waals surface area contributed by atoms with E-state index in [0.29, 0.717) is 43.0 Å². The minimum Gasteiger partial charge on any atom is -0.389 e. The zero-order chi connectivity index (χ0) is 40.1. The van der Waals surface area contributed by atoms with Crippen LogP contribution in [0.15, 0.2) is 42.5 Å². The molecule has 296 valence electrons. The topological polar surface area (TPSA) is 135 Å². The monoisotopic (exact) mass is 817 g/mol. The molecule has 1 amide bonds. The number of anilines is 2. The van der Waals surface area contributed by atoms with E-state index >= 15 is 8.78 Å². The average Bonchev–Trinajstić information content (AvgIpc) is 3.86. The highest BCUT2D eigenvalue weighted by atomic mass is 32.2. The van der Waals surface area contributed by atoms with Gasteiger partial charge in [0, 0.05) is 53.9 Å². The highest BCUT2D eigenvalue weighted by Crippen LogP contribution is 2.45. The van der Waals surface area contributed by atoms with Crippen molar-refractivity contribution in [3.05, 3.63) is 82.3 Å². The minimum atomic E-state index is -3.49. The molecule has 56 heavy (non-hydrogen) atoms. The molecule has 0 radical (unpaired) electrons. The first kappa shape index (κ1) is 39.4. The van der Waals surface area contributed by atoms with Crippen molar-refractivity contribution in [3.63, 3.8) is 0 Å². The van der Waals surface area contributed by atoms with Gasteiger partial charge in [0.15, 0.2) is 16.6 Å². The standard InChI is InChI=1S/C37H37F6N9O2S2/c1-5-55-50-33-23-8-6-7-21(30(23)51(4)49-33)24-15-26-34(47-35(56-26)44-17-36(2,3)54)46-28(24)25(13-18-11-19(38)14-20(39)12-18)45-27(53)16-52-31-22(9-10-37(31,42)43)29(48-52)32(40)41/h6-8,11-12,14-15,25,32,54H,5,9-10,13,16-17H2,1-4H3,(H,45,53)(H,49,50)(H,44,46,47). The number of hydrogen-bond donors (Lipinski definition) is 4. The number of carbonyl (C=O) groups is 1. The number of rotatable bonds is 14. The van der Waals surface area contributed by atoms with E-state index in [4.69, 9.17) is 4.98 Å². The molecule has 1 aliphatic rings. The van der Waals surface area contributed by atoms with E-state index in [-0.39, 0.29) is 41.9 Å². The summed E-state index contributed by atoms with van der Waals surface area (Å²) >= 11 is 2.73. The predicted octanol–water partition coefficient (Wildman–Crippen LogP) is 8.06. The number of aliphatic hydroxyl groups is 1. The van der Waals surface area contributed by atoms with Gasteiger partial charge in [0.05, 0.1) is 27.6 Å². The van der Waals surface area contributed by atoms with Crippen molar-refractivity contribution in [1.29, 1.82) is 0 Å². The lowest BCUT2D eigenvalue weighted by molar-refractivity contribution is -0.122. The summed E-state index contributed by atoms with van der Waals surface area (Å²) in [6.07, 6.45) is -4.38. The van der Waals surface area contributed by atoms with Crippen LogP contribution in [0.1, 0.15) is 67.9 Å². The molecule has 0 saturated heterocycles. The number of aryl methyl sites for hydroxylation is 1. The molecule has 4 N–H and O–H groups in total. The molecule has 0 aliphatic heterocycles. The Morgan fingerprint density at radius 2 is 1.82 bits per heavy atom. The third kappa shape index (κ3) is 8.02. The third-order valence-electron chi connectivity index (χ3n) is 9.20. The van der Waals surface area contributed by atoms with E-state index in [1.165, 1.54) is 23.3 Å². The van der Waals surface area contributed by atoms with Gasteiger partial charge < -0.3 is 20.5 Å². The smallest absolute Gasteiger partial charge is 0.290 e. The van der Waals surface area contributed by atoms with Crippen molar-refractivity contribution in [2.45, 2.75) is 70.6 Å². The maximum Gasteiger partial charge on any atom is 0.290 e. The molecule has 7 rings (SSSR count). The van der Waals surface area contributed by atoms with Gasteiger partial charge in [-0.3, -0.25) is 14.2 Å². The summed E-state index contributed by atoms with van der Waals surface area (Å²) in [7, 11) is 1.77. The number of thiazole rings is 1. The van der Waals surface area contributed by atoms with Crippen molar-refractivity contribution in [2.24, 2.45) is 7.05 Å². The molecule has 0 saturated carbocycles. The molecule has 2 aromatic carbocycles. The van der Waals surface area contributed by atoms with Crippen molar-refractivity contribution in [1.82, 2.24) is 34.8 Å². The number of para-hydroxylation sites is 1. The fourth-order valence-electron chi connectivity index (χ4n) is 6.92. The number of nitrogens with zero attached hydrogens (tertiary/aromatic N) is 6. The van der Waals surface area contributed by atoms with Gasteiger partial charge in [-0.25, -0.2) is 27.5 Å². The molecular weight excluding hydrogens is 781 g/mol.